The Hall–Kier alpha value is 4.48. The number of hydrogen-bond acceptors (Lipinski definition) is 0. The summed E-state index contributed by atoms with van der Waals surface area (Å²) in [6.45, 7) is 0. The van der Waals surface area contributed by atoms with Gasteiger partial charge in [0.2, 0.25) is 0 Å². The van der Waals surface area contributed by atoms with Crippen LogP contribution in [0.1, 0.15) is 0 Å². The molecule has 7 radical (unpaired) electrons. The van der Waals surface area contributed by atoms with E-state index in [4.69, 9.17) is 0 Å². The molecule has 0 nitrogen and oxygen atoms in total. The maximum atomic E-state index is 0. The minimum atomic E-state index is 0. The third kappa shape index (κ3) is 37.5. The van der Waals surface area contributed by atoms with E-state index in [1.165, 1.54) is 0 Å². The molecule has 0 aliphatic rings. The van der Waals surface area contributed by atoms with E-state index in [0.29, 0.717) is 0 Å². The molecule has 0 unspecified atom stereocenters. The van der Waals surface area contributed by atoms with E-state index in [2.05, 4.69) is 0 Å². The topological polar surface area (TPSA) is 0 Å². The van der Waals surface area contributed by atoms with E-state index in [1.807, 2.05) is 0 Å². The molecule has 0 amide bonds. The average molecular weight is 522 g/mol. The summed E-state index contributed by atoms with van der Waals surface area (Å²) in [4.78, 5) is 0. The van der Waals surface area contributed by atoms with Gasteiger partial charge in [-0.3, -0.25) is 0 Å². The molecule has 0 spiro atoms. The van der Waals surface area contributed by atoms with Gasteiger partial charge in [-0.2, -0.15) is 0 Å². The largest absolute Gasteiger partial charge is 0 e. The Labute approximate surface area is 140 Å². The maximum Gasteiger partial charge on any atom is 0 e. The fourth-order valence-electron chi connectivity index (χ4n) is 0. The summed E-state index contributed by atoms with van der Waals surface area (Å²) in [5.74, 6) is 0. The second-order valence-electron chi connectivity index (χ2n) is 0. The monoisotopic (exact) mass is 518 g/mol. The third-order valence-corrected chi connectivity index (χ3v) is 0. The predicted molar refractivity (Wildman–Crippen MR) is 0 cm³/mol. The van der Waals surface area contributed by atoms with E-state index < -0.39 is 0 Å². The van der Waals surface area contributed by atoms with Crippen molar-refractivity contribution in [3.05, 3.63) is 0 Å². The van der Waals surface area contributed by atoms with Crippen LogP contribution in [0.4, 0.5) is 0 Å². The van der Waals surface area contributed by atoms with Crippen molar-refractivity contribution in [2.24, 2.45) is 0 Å². The normalized spacial score (nSPS) is 0. The summed E-state index contributed by atoms with van der Waals surface area (Å²) < 4.78 is 0. The molecule has 0 bridgehead atoms. The van der Waals surface area contributed by atoms with Crippen molar-refractivity contribution in [3.63, 3.8) is 0 Å². The Morgan fingerprint density at radius 2 is 0.286 bits per heavy atom. The molecular weight excluding hydrogens is 522 g/mol. The van der Waals surface area contributed by atoms with E-state index in [-0.39, 0.29) is 144 Å². The summed E-state index contributed by atoms with van der Waals surface area (Å²) >= 11 is 0. The van der Waals surface area contributed by atoms with Gasteiger partial charge < -0.3 is 0 Å². The van der Waals surface area contributed by atoms with Crippen molar-refractivity contribution in [2.75, 3.05) is 0 Å². The number of hydrogen-bond donors (Lipinski definition) is 0. The van der Waals surface area contributed by atoms with Gasteiger partial charge in [0.1, 0.15) is 0 Å². The first-order valence-electron chi connectivity index (χ1n) is 0. The molecule has 0 saturated heterocycles. The van der Waals surface area contributed by atoms with Crippen molar-refractivity contribution in [1.82, 2.24) is 0 Å². The molecule has 69 valence electrons. The summed E-state index contributed by atoms with van der Waals surface area (Å²) in [6.07, 6.45) is 0. The van der Waals surface area contributed by atoms with Gasteiger partial charge in [-0.15, -0.1) is 0 Å². The Bertz CT molecular complexity index is 4.14. The zero-order chi connectivity index (χ0) is 0. The van der Waals surface area contributed by atoms with Crippen LogP contribution in [0.3, 0.4) is 0 Å². The quantitative estimate of drug-likeness (QED) is 0.393. The van der Waals surface area contributed by atoms with E-state index in [1.54, 1.807) is 0 Å². The fourth-order valence-corrected chi connectivity index (χ4v) is 0. The van der Waals surface area contributed by atoms with Crippen molar-refractivity contribution in [1.29, 1.82) is 0 Å². The molecule has 7 heavy (non-hydrogen) atoms. The van der Waals surface area contributed by atoms with Gasteiger partial charge in [0.15, 0.2) is 0 Å². The minimum Gasteiger partial charge on any atom is 0 e. The van der Waals surface area contributed by atoms with E-state index >= 15 is 0 Å². The molecule has 0 N–H and O–H groups in total. The molecule has 0 rings (SSSR count). The molecule has 0 fully saturated rings. The Balaban J connectivity index is 0. The first-order chi connectivity index (χ1) is 0. The first kappa shape index (κ1) is 62.8. The van der Waals surface area contributed by atoms with Crippen LogP contribution in [-0.2, 0) is 102 Å². The standard InChI is InChI=1S/6Cu.Pr. The molecule has 0 heterocycles. The molecule has 0 atom stereocenters. The van der Waals surface area contributed by atoms with Crippen LogP contribution in [0.25, 0.3) is 0 Å². The van der Waals surface area contributed by atoms with Crippen molar-refractivity contribution >= 4 is 0 Å². The minimum absolute atomic E-state index is 0. The molecule has 0 aromatic carbocycles. The summed E-state index contributed by atoms with van der Waals surface area (Å²) in [5, 5.41) is 0. The van der Waals surface area contributed by atoms with Gasteiger partial charge in [-0.05, 0) is 0 Å². The molecule has 0 aliphatic heterocycles. The van der Waals surface area contributed by atoms with E-state index in [0.717, 1.165) is 0 Å². The first-order valence-corrected chi connectivity index (χ1v) is 0. The zero-order valence-corrected chi connectivity index (χ0v) is 11.7. The van der Waals surface area contributed by atoms with Gasteiger partial charge in [-0.25, -0.2) is 0 Å². The molecule has 0 saturated carbocycles. The van der Waals surface area contributed by atoms with E-state index in [9.17, 15) is 0 Å². The van der Waals surface area contributed by atoms with Gasteiger partial charge in [-0.1, -0.05) is 0 Å². The van der Waals surface area contributed by atoms with Gasteiger partial charge >= 0.3 is 0 Å². The number of rotatable bonds is 0. The predicted octanol–water partition coefficient (Wildman–Crippen LogP) is -0.0150. The maximum absolute atomic E-state index is 0. The molecule has 0 aliphatic carbocycles. The van der Waals surface area contributed by atoms with Crippen LogP contribution in [0, 0.1) is 41.3 Å². The Kier molecular flexibility index (Phi) is 421. The van der Waals surface area contributed by atoms with Crippen molar-refractivity contribution in [3.8, 4) is 0 Å². The van der Waals surface area contributed by atoms with Crippen molar-refractivity contribution in [2.45, 2.75) is 0 Å². The Morgan fingerprint density at radius 3 is 0.286 bits per heavy atom. The summed E-state index contributed by atoms with van der Waals surface area (Å²) in [7, 11) is 0. The Morgan fingerprint density at radius 1 is 0.286 bits per heavy atom. The second-order valence-corrected chi connectivity index (χ2v) is 0. The third-order valence-electron chi connectivity index (χ3n) is 0. The van der Waals surface area contributed by atoms with Crippen molar-refractivity contribution < 1.29 is 144 Å². The van der Waals surface area contributed by atoms with Crippen LogP contribution >= 0.6 is 0 Å². The molecule has 0 aromatic heterocycles. The zero-order valence-electron chi connectivity index (χ0n) is 2.39. The second kappa shape index (κ2) is 46.9. The molecule has 7 heteroatoms. The molecular formula is Cu6Pr. The van der Waals surface area contributed by atoms with Gasteiger partial charge in [0.05, 0.1) is 0 Å². The van der Waals surface area contributed by atoms with Gasteiger partial charge in [0.25, 0.3) is 0 Å². The summed E-state index contributed by atoms with van der Waals surface area (Å²) in [6, 6.07) is 0. The van der Waals surface area contributed by atoms with Crippen LogP contribution in [0.15, 0.2) is 0 Å². The van der Waals surface area contributed by atoms with Crippen LogP contribution < -0.4 is 0 Å². The smallest absolute Gasteiger partial charge is 0 e. The van der Waals surface area contributed by atoms with Crippen LogP contribution in [0.2, 0.25) is 0 Å². The van der Waals surface area contributed by atoms with Crippen LogP contribution in [0.5, 0.6) is 0 Å². The average Bonchev–Trinajstić information content (AvgIpc) is 0. The summed E-state index contributed by atoms with van der Waals surface area (Å²) in [5.41, 5.74) is 0. The van der Waals surface area contributed by atoms with Crippen LogP contribution in [-0.4, -0.2) is 0 Å². The van der Waals surface area contributed by atoms with Gasteiger partial charge in [0, 0.05) is 144 Å². The molecule has 0 aromatic rings. The SMILES string of the molecule is [Cu].[Cu].[Cu].[Cu].[Cu].[Cu].[Pr]. The fraction of sp³-hybridized carbons (Fsp3) is 0.